The summed E-state index contributed by atoms with van der Waals surface area (Å²) >= 11 is 1.64. The summed E-state index contributed by atoms with van der Waals surface area (Å²) in [5.74, 6) is 1.79. The summed E-state index contributed by atoms with van der Waals surface area (Å²) in [6, 6.07) is 0. The Morgan fingerprint density at radius 3 is 2.85 bits per heavy atom. The second-order valence-corrected chi connectivity index (χ2v) is 7.28. The first-order valence-electron chi connectivity index (χ1n) is 9.18. The summed E-state index contributed by atoms with van der Waals surface area (Å²) in [5.41, 5.74) is 0.830. The molecule has 1 aliphatic rings. The van der Waals surface area contributed by atoms with E-state index in [4.69, 9.17) is 14.7 Å². The van der Waals surface area contributed by atoms with Crippen LogP contribution in [0.2, 0.25) is 0 Å². The molecule has 0 aromatic carbocycles. The smallest absolute Gasteiger partial charge is 0.246 e. The van der Waals surface area contributed by atoms with Crippen LogP contribution in [-0.2, 0) is 16.1 Å². The lowest BCUT2D eigenvalue weighted by molar-refractivity contribution is -0.125. The lowest BCUT2D eigenvalue weighted by Crippen LogP contribution is -2.30. The number of carbonyl (C=O) groups excluding carboxylic acids is 1. The average molecular weight is 379 g/mol. The van der Waals surface area contributed by atoms with Gasteiger partial charge < -0.3 is 15.0 Å². The predicted octanol–water partition coefficient (Wildman–Crippen LogP) is 1.69. The minimum absolute atomic E-state index is 0.0922. The van der Waals surface area contributed by atoms with Crippen LogP contribution in [0.4, 0.5) is 5.82 Å². The van der Waals surface area contributed by atoms with Gasteiger partial charge in [-0.15, -0.1) is 0 Å². The van der Waals surface area contributed by atoms with Crippen LogP contribution in [0.5, 0.6) is 0 Å². The van der Waals surface area contributed by atoms with E-state index < -0.39 is 0 Å². The normalized spacial score (nSPS) is 14.3. The molecular weight excluding hydrogens is 352 g/mol. The van der Waals surface area contributed by atoms with Gasteiger partial charge in [0, 0.05) is 26.2 Å². The molecule has 0 aliphatic carbocycles. The first-order chi connectivity index (χ1) is 12.7. The molecule has 3 heterocycles. The lowest BCUT2D eigenvalue weighted by atomic mass is 10.3. The second kappa shape index (κ2) is 9.18. The monoisotopic (exact) mass is 378 g/mol. The van der Waals surface area contributed by atoms with E-state index in [9.17, 15) is 4.79 Å². The van der Waals surface area contributed by atoms with Gasteiger partial charge in [-0.25, -0.2) is 14.6 Å². The highest BCUT2D eigenvalue weighted by Crippen LogP contribution is 2.29. The Bertz CT molecular complexity index is 744. The Morgan fingerprint density at radius 1 is 1.31 bits per heavy atom. The third-order valence-corrected chi connectivity index (χ3v) is 4.95. The average Bonchev–Trinajstić information content (AvgIpc) is 3.30. The third-order valence-electron chi connectivity index (χ3n) is 4.22. The first-order valence-corrected chi connectivity index (χ1v) is 10.2. The fourth-order valence-electron chi connectivity index (χ4n) is 3.00. The molecule has 0 spiro atoms. The summed E-state index contributed by atoms with van der Waals surface area (Å²) in [6.45, 7) is 7.70. The standard InChI is InChI=1S/C17H26N6O2S/c1-3-25-12-14(24)18-7-10-23-16-13(11-19-23)15(22-8-5-6-9-22)20-17(21-16)26-4-2/h11H,3-10,12H2,1-2H3,(H,18,24). The van der Waals surface area contributed by atoms with E-state index in [2.05, 4.69) is 22.2 Å². The van der Waals surface area contributed by atoms with E-state index in [0.717, 1.165) is 40.9 Å². The topological polar surface area (TPSA) is 85.2 Å². The molecule has 0 bridgehead atoms. The van der Waals surface area contributed by atoms with Crippen LogP contribution in [-0.4, -0.2) is 64.3 Å². The van der Waals surface area contributed by atoms with Crippen molar-refractivity contribution in [2.45, 2.75) is 38.4 Å². The van der Waals surface area contributed by atoms with Crippen LogP contribution >= 0.6 is 11.8 Å². The minimum atomic E-state index is -0.113. The maximum atomic E-state index is 11.7. The molecule has 2 aromatic rings. The van der Waals surface area contributed by atoms with Crippen LogP contribution < -0.4 is 10.2 Å². The first kappa shape index (κ1) is 18.9. The van der Waals surface area contributed by atoms with Crippen molar-refractivity contribution in [2.24, 2.45) is 0 Å². The van der Waals surface area contributed by atoms with E-state index in [1.165, 1.54) is 12.8 Å². The van der Waals surface area contributed by atoms with Gasteiger partial charge in [-0.05, 0) is 25.5 Å². The molecule has 142 valence electrons. The maximum absolute atomic E-state index is 11.7. The predicted molar refractivity (Wildman–Crippen MR) is 103 cm³/mol. The molecule has 26 heavy (non-hydrogen) atoms. The molecule has 0 atom stereocenters. The van der Waals surface area contributed by atoms with Gasteiger partial charge in [0.25, 0.3) is 0 Å². The highest BCUT2D eigenvalue weighted by Gasteiger charge is 2.20. The quantitative estimate of drug-likeness (QED) is 0.525. The summed E-state index contributed by atoms with van der Waals surface area (Å²) in [6.07, 6.45) is 4.23. The number of hydrogen-bond donors (Lipinski definition) is 1. The molecular formula is C17H26N6O2S. The van der Waals surface area contributed by atoms with Gasteiger partial charge in [0.2, 0.25) is 5.91 Å². The Morgan fingerprint density at radius 2 is 2.12 bits per heavy atom. The van der Waals surface area contributed by atoms with Crippen molar-refractivity contribution in [3.63, 3.8) is 0 Å². The molecule has 0 radical (unpaired) electrons. The van der Waals surface area contributed by atoms with E-state index in [0.29, 0.717) is 19.7 Å². The van der Waals surface area contributed by atoms with Crippen LogP contribution in [0.15, 0.2) is 11.4 Å². The highest BCUT2D eigenvalue weighted by molar-refractivity contribution is 7.99. The Balaban J connectivity index is 1.77. The number of carbonyl (C=O) groups is 1. The SMILES string of the molecule is CCOCC(=O)NCCn1ncc2c(N3CCCC3)nc(SCC)nc21. The molecule has 1 amide bonds. The van der Waals surface area contributed by atoms with Gasteiger partial charge in [-0.2, -0.15) is 5.10 Å². The van der Waals surface area contributed by atoms with E-state index in [1.54, 1.807) is 11.8 Å². The zero-order chi connectivity index (χ0) is 18.4. The summed E-state index contributed by atoms with van der Waals surface area (Å²) < 4.78 is 6.95. The van der Waals surface area contributed by atoms with Gasteiger partial charge in [0.05, 0.1) is 18.1 Å². The van der Waals surface area contributed by atoms with Gasteiger partial charge in [0.1, 0.15) is 12.4 Å². The number of rotatable bonds is 9. The zero-order valence-corrected chi connectivity index (χ0v) is 16.2. The largest absolute Gasteiger partial charge is 0.372 e. The Labute approximate surface area is 157 Å². The molecule has 3 rings (SSSR count). The van der Waals surface area contributed by atoms with Crippen molar-refractivity contribution in [2.75, 3.05) is 43.5 Å². The number of thioether (sulfide) groups is 1. The Kier molecular flexibility index (Phi) is 6.67. The molecule has 1 fully saturated rings. The minimum Gasteiger partial charge on any atom is -0.372 e. The number of anilines is 1. The van der Waals surface area contributed by atoms with E-state index >= 15 is 0 Å². The maximum Gasteiger partial charge on any atom is 0.246 e. The Hall–Kier alpha value is -1.87. The van der Waals surface area contributed by atoms with E-state index in [-0.39, 0.29) is 12.5 Å². The van der Waals surface area contributed by atoms with Gasteiger partial charge >= 0.3 is 0 Å². The van der Waals surface area contributed by atoms with Crippen LogP contribution in [0.1, 0.15) is 26.7 Å². The fourth-order valence-corrected chi connectivity index (χ4v) is 3.56. The molecule has 0 saturated carbocycles. The molecule has 1 saturated heterocycles. The molecule has 1 N–H and O–H groups in total. The number of aromatic nitrogens is 4. The van der Waals surface area contributed by atoms with Gasteiger partial charge in [-0.3, -0.25) is 4.79 Å². The second-order valence-electron chi connectivity index (χ2n) is 6.05. The highest BCUT2D eigenvalue weighted by atomic mass is 32.2. The molecule has 9 heteroatoms. The summed E-state index contributed by atoms with van der Waals surface area (Å²) in [4.78, 5) is 23.4. The van der Waals surface area contributed by atoms with Crippen LogP contribution in [0.25, 0.3) is 11.0 Å². The summed E-state index contributed by atoms with van der Waals surface area (Å²) in [7, 11) is 0. The van der Waals surface area contributed by atoms with Crippen LogP contribution in [0.3, 0.4) is 0 Å². The van der Waals surface area contributed by atoms with Crippen molar-refractivity contribution < 1.29 is 9.53 Å². The zero-order valence-electron chi connectivity index (χ0n) is 15.4. The van der Waals surface area contributed by atoms with Crippen molar-refractivity contribution in [1.82, 2.24) is 25.1 Å². The number of fused-ring (bicyclic) bond motifs is 1. The van der Waals surface area contributed by atoms with Crippen molar-refractivity contribution in [3.05, 3.63) is 6.20 Å². The number of amides is 1. The van der Waals surface area contributed by atoms with Gasteiger partial charge in [-0.1, -0.05) is 18.7 Å². The molecule has 8 nitrogen and oxygen atoms in total. The number of ether oxygens (including phenoxy) is 1. The molecule has 1 aliphatic heterocycles. The molecule has 0 unspecified atom stereocenters. The van der Waals surface area contributed by atoms with Crippen molar-refractivity contribution >= 4 is 34.5 Å². The van der Waals surface area contributed by atoms with Crippen LogP contribution in [0, 0.1) is 0 Å². The van der Waals surface area contributed by atoms with Crippen molar-refractivity contribution in [1.29, 1.82) is 0 Å². The molecule has 2 aromatic heterocycles. The number of nitrogens with one attached hydrogen (secondary N) is 1. The lowest BCUT2D eigenvalue weighted by Gasteiger charge is -2.17. The van der Waals surface area contributed by atoms with Gasteiger partial charge in [0.15, 0.2) is 10.8 Å². The summed E-state index contributed by atoms with van der Waals surface area (Å²) in [5, 5.41) is 9.09. The van der Waals surface area contributed by atoms with E-state index in [1.807, 2.05) is 17.8 Å². The number of hydrogen-bond acceptors (Lipinski definition) is 7. The van der Waals surface area contributed by atoms with Crippen molar-refractivity contribution in [3.8, 4) is 0 Å². The third kappa shape index (κ3) is 4.45. The number of nitrogens with zero attached hydrogens (tertiary/aromatic N) is 5. The fraction of sp³-hybridized carbons (Fsp3) is 0.647.